The lowest BCUT2D eigenvalue weighted by Gasteiger charge is -2.30. The lowest BCUT2D eigenvalue weighted by Crippen LogP contribution is -2.46. The van der Waals surface area contributed by atoms with Gasteiger partial charge in [0.05, 0.1) is 11.5 Å². The summed E-state index contributed by atoms with van der Waals surface area (Å²) in [6, 6.07) is 5.01. The molecule has 0 aromatic heterocycles. The average Bonchev–Trinajstić information content (AvgIpc) is 2.34. The van der Waals surface area contributed by atoms with E-state index in [1.54, 1.807) is 6.07 Å². The van der Waals surface area contributed by atoms with E-state index in [4.69, 9.17) is 0 Å². The number of sulfone groups is 1. The summed E-state index contributed by atoms with van der Waals surface area (Å²) in [4.78, 5) is 0. The second kappa shape index (κ2) is 5.73. The lowest BCUT2D eigenvalue weighted by atomic mass is 10.0. The zero-order chi connectivity index (χ0) is 14.8. The first-order chi connectivity index (χ1) is 9.28. The first kappa shape index (κ1) is 15.3. The number of hydrogen-bond donors (Lipinski definition) is 1. The topological polar surface area (TPSA) is 46.2 Å². The third-order valence-electron chi connectivity index (χ3n) is 3.33. The van der Waals surface area contributed by atoms with Gasteiger partial charge < -0.3 is 0 Å². The summed E-state index contributed by atoms with van der Waals surface area (Å²) in [6.07, 6.45) is -3.61. The molecule has 1 saturated heterocycles. The molecule has 0 radical (unpaired) electrons. The minimum Gasteiger partial charge on any atom is -0.299 e. The van der Waals surface area contributed by atoms with Crippen LogP contribution in [0.4, 0.5) is 13.2 Å². The van der Waals surface area contributed by atoms with Gasteiger partial charge in [0.2, 0.25) is 0 Å². The molecule has 1 N–H and O–H groups in total. The fraction of sp³-hybridized carbons (Fsp3) is 0.538. The highest BCUT2D eigenvalue weighted by Crippen LogP contribution is 2.33. The van der Waals surface area contributed by atoms with Crippen LogP contribution >= 0.6 is 0 Å². The standard InChI is InChI=1S/C13H16F3NO2S/c14-13(15,16)12(10-5-2-1-3-6-10)17-11-7-4-8-20(18,19)9-11/h1-3,5-6,11-12,17H,4,7-9H2. The SMILES string of the molecule is O=S1(=O)CCCC(NC(c2ccccc2)C(F)(F)F)C1. The predicted octanol–water partition coefficient (Wildman–Crippen LogP) is 2.46. The highest BCUT2D eigenvalue weighted by Gasteiger charge is 2.42. The second-order valence-corrected chi connectivity index (χ2v) is 7.23. The molecule has 2 unspecified atom stereocenters. The third-order valence-corrected chi connectivity index (χ3v) is 5.15. The van der Waals surface area contributed by atoms with E-state index in [1.807, 2.05) is 0 Å². The Balaban J connectivity index is 2.17. The van der Waals surface area contributed by atoms with Gasteiger partial charge in [-0.2, -0.15) is 13.2 Å². The number of halogens is 3. The Kier molecular flexibility index (Phi) is 4.39. The van der Waals surface area contributed by atoms with Crippen LogP contribution in [-0.2, 0) is 9.84 Å². The zero-order valence-electron chi connectivity index (χ0n) is 10.7. The number of rotatable bonds is 3. The van der Waals surface area contributed by atoms with Crippen molar-refractivity contribution in [2.24, 2.45) is 0 Å². The lowest BCUT2D eigenvalue weighted by molar-refractivity contribution is -0.159. The molecule has 0 bridgehead atoms. The van der Waals surface area contributed by atoms with Crippen molar-refractivity contribution in [1.29, 1.82) is 0 Å². The molecule has 1 aromatic rings. The van der Waals surface area contributed by atoms with Gasteiger partial charge in [-0.15, -0.1) is 0 Å². The highest BCUT2D eigenvalue weighted by atomic mass is 32.2. The van der Waals surface area contributed by atoms with Crippen LogP contribution in [-0.4, -0.2) is 32.1 Å². The van der Waals surface area contributed by atoms with Gasteiger partial charge >= 0.3 is 6.18 Å². The Morgan fingerprint density at radius 3 is 2.40 bits per heavy atom. The molecule has 0 saturated carbocycles. The van der Waals surface area contributed by atoms with E-state index in [0.717, 1.165) is 0 Å². The summed E-state index contributed by atoms with van der Waals surface area (Å²) in [7, 11) is -3.24. The quantitative estimate of drug-likeness (QED) is 0.933. The molecule has 3 nitrogen and oxygen atoms in total. The fourth-order valence-electron chi connectivity index (χ4n) is 2.42. The van der Waals surface area contributed by atoms with E-state index >= 15 is 0 Å². The van der Waals surface area contributed by atoms with E-state index in [2.05, 4.69) is 5.32 Å². The molecule has 0 aliphatic carbocycles. The van der Waals surface area contributed by atoms with Crippen LogP contribution < -0.4 is 5.32 Å². The number of benzene rings is 1. The van der Waals surface area contributed by atoms with Crippen LogP contribution in [0.3, 0.4) is 0 Å². The summed E-state index contributed by atoms with van der Waals surface area (Å²) in [5.74, 6) is -0.167. The van der Waals surface area contributed by atoms with E-state index in [-0.39, 0.29) is 17.1 Å². The monoisotopic (exact) mass is 307 g/mol. The maximum Gasteiger partial charge on any atom is 0.407 e. The molecule has 112 valence electrons. The molecule has 0 amide bonds. The number of nitrogens with one attached hydrogen (secondary N) is 1. The van der Waals surface area contributed by atoms with Crippen LogP contribution in [0.1, 0.15) is 24.4 Å². The van der Waals surface area contributed by atoms with Gasteiger partial charge in [0.15, 0.2) is 9.84 Å². The minimum atomic E-state index is -4.46. The van der Waals surface area contributed by atoms with E-state index in [1.165, 1.54) is 24.3 Å². The van der Waals surface area contributed by atoms with Gasteiger partial charge in [-0.1, -0.05) is 30.3 Å². The van der Waals surface area contributed by atoms with Crippen molar-refractivity contribution < 1.29 is 21.6 Å². The van der Waals surface area contributed by atoms with Crippen molar-refractivity contribution in [2.75, 3.05) is 11.5 Å². The van der Waals surface area contributed by atoms with Gasteiger partial charge in [-0.25, -0.2) is 8.42 Å². The summed E-state index contributed by atoms with van der Waals surface area (Å²) < 4.78 is 62.4. The van der Waals surface area contributed by atoms with Gasteiger partial charge in [0.1, 0.15) is 6.04 Å². The van der Waals surface area contributed by atoms with Gasteiger partial charge in [-0.3, -0.25) is 5.32 Å². The van der Waals surface area contributed by atoms with E-state index in [0.29, 0.717) is 12.8 Å². The van der Waals surface area contributed by atoms with E-state index in [9.17, 15) is 21.6 Å². The van der Waals surface area contributed by atoms with Crippen LogP contribution in [0.25, 0.3) is 0 Å². The summed E-state index contributed by atoms with van der Waals surface area (Å²) in [5.41, 5.74) is 0.1000. The first-order valence-electron chi connectivity index (χ1n) is 6.36. The molecular formula is C13H16F3NO2S. The van der Waals surface area contributed by atoms with Gasteiger partial charge in [0.25, 0.3) is 0 Å². The Bertz CT molecular complexity index is 542. The van der Waals surface area contributed by atoms with Crippen molar-refractivity contribution in [3.63, 3.8) is 0 Å². The van der Waals surface area contributed by atoms with Crippen molar-refractivity contribution in [2.45, 2.75) is 31.1 Å². The Morgan fingerprint density at radius 2 is 1.85 bits per heavy atom. The maximum absolute atomic E-state index is 13.1. The highest BCUT2D eigenvalue weighted by molar-refractivity contribution is 7.91. The van der Waals surface area contributed by atoms with Crippen LogP contribution in [0.2, 0.25) is 0 Å². The molecule has 2 rings (SSSR count). The molecule has 1 aromatic carbocycles. The molecule has 1 fully saturated rings. The Labute approximate surface area is 116 Å². The van der Waals surface area contributed by atoms with Crippen LogP contribution in [0, 0.1) is 0 Å². The summed E-state index contributed by atoms with van der Waals surface area (Å²) in [6.45, 7) is 0. The predicted molar refractivity (Wildman–Crippen MR) is 70.0 cm³/mol. The smallest absolute Gasteiger partial charge is 0.299 e. The minimum absolute atomic E-state index is 0.0627. The van der Waals surface area contributed by atoms with Crippen molar-refractivity contribution in [3.8, 4) is 0 Å². The van der Waals surface area contributed by atoms with Crippen molar-refractivity contribution in [3.05, 3.63) is 35.9 Å². The molecule has 2 atom stereocenters. The third kappa shape index (κ3) is 3.96. The molecular weight excluding hydrogens is 291 g/mol. The van der Waals surface area contributed by atoms with E-state index < -0.39 is 28.1 Å². The van der Waals surface area contributed by atoms with Gasteiger partial charge in [-0.05, 0) is 18.4 Å². The van der Waals surface area contributed by atoms with Crippen molar-refractivity contribution >= 4 is 9.84 Å². The van der Waals surface area contributed by atoms with Crippen LogP contribution in [0.5, 0.6) is 0 Å². The largest absolute Gasteiger partial charge is 0.407 e. The number of alkyl halides is 3. The molecule has 7 heteroatoms. The maximum atomic E-state index is 13.1. The number of hydrogen-bond acceptors (Lipinski definition) is 3. The van der Waals surface area contributed by atoms with Crippen LogP contribution in [0.15, 0.2) is 30.3 Å². The Morgan fingerprint density at radius 1 is 1.20 bits per heavy atom. The second-order valence-electron chi connectivity index (χ2n) is 5.01. The normalized spacial score (nSPS) is 24.2. The summed E-state index contributed by atoms with van der Waals surface area (Å²) in [5, 5.41) is 2.46. The molecule has 20 heavy (non-hydrogen) atoms. The first-order valence-corrected chi connectivity index (χ1v) is 8.18. The van der Waals surface area contributed by atoms with Gasteiger partial charge in [0, 0.05) is 6.04 Å². The molecule has 1 aliphatic heterocycles. The summed E-state index contributed by atoms with van der Waals surface area (Å²) >= 11 is 0. The Hall–Kier alpha value is -1.08. The molecule has 1 heterocycles. The molecule has 1 aliphatic rings. The zero-order valence-corrected chi connectivity index (χ0v) is 11.5. The molecule has 0 spiro atoms. The fourth-order valence-corrected chi connectivity index (χ4v) is 4.06. The van der Waals surface area contributed by atoms with Crippen molar-refractivity contribution in [1.82, 2.24) is 5.32 Å². The average molecular weight is 307 g/mol.